The third kappa shape index (κ3) is 3.37. The van der Waals surface area contributed by atoms with Crippen molar-refractivity contribution < 1.29 is 8.91 Å². The van der Waals surface area contributed by atoms with E-state index in [0.29, 0.717) is 18.7 Å². The van der Waals surface area contributed by atoms with Crippen molar-refractivity contribution in [1.29, 1.82) is 0 Å². The topological polar surface area (TPSA) is 38.1 Å². The first-order chi connectivity index (χ1) is 10.2. The van der Waals surface area contributed by atoms with E-state index in [9.17, 15) is 4.39 Å². The quantitative estimate of drug-likeness (QED) is 0.769. The number of benzene rings is 1. The number of aromatic nitrogens is 1. The van der Waals surface area contributed by atoms with E-state index < -0.39 is 0 Å². The molecule has 1 aromatic carbocycles. The van der Waals surface area contributed by atoms with Crippen molar-refractivity contribution in [1.82, 2.24) is 10.5 Å². The first-order valence-corrected chi connectivity index (χ1v) is 7.55. The Hall–Kier alpha value is -1.98. The standard InChI is InChI=1S/C16H15FN2OS/c1-11-7-14(19-20-11)10-18-9-13-5-4-12(8-15(13)17)16-3-2-6-21-16/h2-8,18H,9-10H2,1H3. The van der Waals surface area contributed by atoms with Crippen LogP contribution in [0.15, 0.2) is 46.3 Å². The highest BCUT2D eigenvalue weighted by Gasteiger charge is 2.06. The molecule has 0 fully saturated rings. The Labute approximate surface area is 126 Å². The van der Waals surface area contributed by atoms with Crippen LogP contribution in [-0.2, 0) is 13.1 Å². The van der Waals surface area contributed by atoms with Gasteiger partial charge < -0.3 is 9.84 Å². The molecule has 0 aliphatic carbocycles. The number of rotatable bonds is 5. The molecule has 0 aliphatic heterocycles. The highest BCUT2D eigenvalue weighted by Crippen LogP contribution is 2.26. The Morgan fingerprint density at radius 1 is 1.24 bits per heavy atom. The van der Waals surface area contributed by atoms with Gasteiger partial charge in [-0.2, -0.15) is 0 Å². The first kappa shape index (κ1) is 14.0. The predicted octanol–water partition coefficient (Wildman–Crippen LogP) is 4.14. The normalized spacial score (nSPS) is 11.0. The molecule has 1 N–H and O–H groups in total. The molecule has 0 atom stereocenters. The third-order valence-electron chi connectivity index (χ3n) is 3.16. The molecule has 3 rings (SSSR count). The average molecular weight is 302 g/mol. The number of halogens is 1. The van der Waals surface area contributed by atoms with Crippen LogP contribution in [0.4, 0.5) is 4.39 Å². The zero-order valence-corrected chi connectivity index (χ0v) is 12.4. The maximum atomic E-state index is 14.1. The third-order valence-corrected chi connectivity index (χ3v) is 4.08. The Kier molecular flexibility index (Phi) is 4.13. The van der Waals surface area contributed by atoms with Gasteiger partial charge in [-0.15, -0.1) is 11.3 Å². The van der Waals surface area contributed by atoms with Crippen LogP contribution in [0.5, 0.6) is 0 Å². The monoisotopic (exact) mass is 302 g/mol. The molecule has 0 spiro atoms. The number of aryl methyl sites for hydroxylation is 1. The van der Waals surface area contributed by atoms with Gasteiger partial charge in [0.05, 0.1) is 5.69 Å². The SMILES string of the molecule is Cc1cc(CNCc2ccc(-c3cccs3)cc2F)no1. The summed E-state index contributed by atoms with van der Waals surface area (Å²) in [7, 11) is 0. The van der Waals surface area contributed by atoms with Crippen LogP contribution in [0.25, 0.3) is 10.4 Å². The molecule has 0 radical (unpaired) electrons. The maximum Gasteiger partial charge on any atom is 0.133 e. The summed E-state index contributed by atoms with van der Waals surface area (Å²) in [5.74, 6) is 0.586. The number of nitrogens with zero attached hydrogens (tertiary/aromatic N) is 1. The fourth-order valence-electron chi connectivity index (χ4n) is 2.11. The molecule has 2 heterocycles. The van der Waals surface area contributed by atoms with Gasteiger partial charge in [-0.1, -0.05) is 23.4 Å². The van der Waals surface area contributed by atoms with Crippen molar-refractivity contribution in [3.63, 3.8) is 0 Å². The van der Waals surface area contributed by atoms with Gasteiger partial charge in [0, 0.05) is 29.6 Å². The van der Waals surface area contributed by atoms with Crippen molar-refractivity contribution in [2.24, 2.45) is 0 Å². The number of nitrogens with one attached hydrogen (secondary N) is 1. The molecule has 0 saturated carbocycles. The van der Waals surface area contributed by atoms with Gasteiger partial charge in [0.15, 0.2) is 0 Å². The molecule has 0 aliphatic rings. The van der Waals surface area contributed by atoms with E-state index in [1.54, 1.807) is 17.4 Å². The summed E-state index contributed by atoms with van der Waals surface area (Å²) in [5.41, 5.74) is 2.39. The lowest BCUT2D eigenvalue weighted by Crippen LogP contribution is -2.13. The van der Waals surface area contributed by atoms with Crippen molar-refractivity contribution in [3.8, 4) is 10.4 Å². The van der Waals surface area contributed by atoms with E-state index >= 15 is 0 Å². The number of hydrogen-bond acceptors (Lipinski definition) is 4. The molecule has 5 heteroatoms. The molecule has 0 unspecified atom stereocenters. The minimum absolute atomic E-state index is 0.190. The van der Waals surface area contributed by atoms with Gasteiger partial charge in [-0.25, -0.2) is 4.39 Å². The van der Waals surface area contributed by atoms with Crippen LogP contribution in [0.3, 0.4) is 0 Å². The molecule has 0 bridgehead atoms. The summed E-state index contributed by atoms with van der Waals surface area (Å²) in [6.07, 6.45) is 0. The van der Waals surface area contributed by atoms with Crippen LogP contribution in [0.2, 0.25) is 0 Å². The summed E-state index contributed by atoms with van der Waals surface area (Å²) < 4.78 is 19.1. The van der Waals surface area contributed by atoms with E-state index in [1.807, 2.05) is 42.6 Å². The fourth-order valence-corrected chi connectivity index (χ4v) is 2.84. The molecule has 0 saturated heterocycles. The maximum absolute atomic E-state index is 14.1. The summed E-state index contributed by atoms with van der Waals surface area (Å²) in [5, 5.41) is 9.04. The van der Waals surface area contributed by atoms with Gasteiger partial charge >= 0.3 is 0 Å². The minimum Gasteiger partial charge on any atom is -0.361 e. The Bertz CT molecular complexity index is 722. The van der Waals surface area contributed by atoms with E-state index in [-0.39, 0.29) is 5.82 Å². The zero-order valence-electron chi connectivity index (χ0n) is 11.6. The second kappa shape index (κ2) is 6.20. The molecular formula is C16H15FN2OS. The Morgan fingerprint density at radius 3 is 2.81 bits per heavy atom. The second-order valence-corrected chi connectivity index (χ2v) is 5.76. The summed E-state index contributed by atoms with van der Waals surface area (Å²) in [6.45, 7) is 2.87. The summed E-state index contributed by atoms with van der Waals surface area (Å²) >= 11 is 1.61. The Morgan fingerprint density at radius 2 is 2.14 bits per heavy atom. The van der Waals surface area contributed by atoms with Crippen molar-refractivity contribution in [2.75, 3.05) is 0 Å². The van der Waals surface area contributed by atoms with Crippen molar-refractivity contribution >= 4 is 11.3 Å². The molecule has 2 aromatic heterocycles. The molecule has 3 nitrogen and oxygen atoms in total. The van der Waals surface area contributed by atoms with Crippen LogP contribution in [0, 0.1) is 12.7 Å². The van der Waals surface area contributed by atoms with Crippen LogP contribution >= 0.6 is 11.3 Å². The van der Waals surface area contributed by atoms with Crippen LogP contribution in [0.1, 0.15) is 17.0 Å². The predicted molar refractivity (Wildman–Crippen MR) is 81.5 cm³/mol. The molecular weight excluding hydrogens is 287 g/mol. The highest BCUT2D eigenvalue weighted by atomic mass is 32.1. The van der Waals surface area contributed by atoms with Gasteiger partial charge in [-0.05, 0) is 30.0 Å². The van der Waals surface area contributed by atoms with Crippen molar-refractivity contribution in [2.45, 2.75) is 20.0 Å². The van der Waals surface area contributed by atoms with Gasteiger partial charge in [-0.3, -0.25) is 0 Å². The second-order valence-electron chi connectivity index (χ2n) is 4.82. The number of hydrogen-bond donors (Lipinski definition) is 1. The van der Waals surface area contributed by atoms with Gasteiger partial charge in [0.25, 0.3) is 0 Å². The average Bonchev–Trinajstić information content (AvgIpc) is 3.12. The van der Waals surface area contributed by atoms with Crippen LogP contribution in [-0.4, -0.2) is 5.16 Å². The molecule has 21 heavy (non-hydrogen) atoms. The van der Waals surface area contributed by atoms with Crippen molar-refractivity contribution in [3.05, 3.63) is 64.6 Å². The van der Waals surface area contributed by atoms with E-state index in [1.165, 1.54) is 0 Å². The van der Waals surface area contributed by atoms with Gasteiger partial charge in [0.1, 0.15) is 11.6 Å². The van der Waals surface area contributed by atoms with E-state index in [2.05, 4.69) is 10.5 Å². The first-order valence-electron chi connectivity index (χ1n) is 6.67. The van der Waals surface area contributed by atoms with Gasteiger partial charge in [0.2, 0.25) is 0 Å². The van der Waals surface area contributed by atoms with Crippen LogP contribution < -0.4 is 5.32 Å². The highest BCUT2D eigenvalue weighted by molar-refractivity contribution is 7.13. The van der Waals surface area contributed by atoms with E-state index in [0.717, 1.165) is 21.9 Å². The lowest BCUT2D eigenvalue weighted by molar-refractivity contribution is 0.388. The Balaban J connectivity index is 1.63. The lowest BCUT2D eigenvalue weighted by Gasteiger charge is -2.06. The molecule has 3 aromatic rings. The lowest BCUT2D eigenvalue weighted by atomic mass is 10.1. The summed E-state index contributed by atoms with van der Waals surface area (Å²) in [6, 6.07) is 11.2. The molecule has 108 valence electrons. The smallest absolute Gasteiger partial charge is 0.133 e. The zero-order chi connectivity index (χ0) is 14.7. The summed E-state index contributed by atoms with van der Waals surface area (Å²) in [4.78, 5) is 1.08. The van der Waals surface area contributed by atoms with E-state index in [4.69, 9.17) is 4.52 Å². The fraction of sp³-hybridized carbons (Fsp3) is 0.188. The minimum atomic E-state index is -0.190. The largest absolute Gasteiger partial charge is 0.361 e. The number of thiophene rings is 1. The molecule has 0 amide bonds.